The molecule has 21 heavy (non-hydrogen) atoms. The molecule has 6 heteroatoms. The Hall–Kier alpha value is -3.15. The van der Waals surface area contributed by atoms with Crippen molar-refractivity contribution in [2.45, 2.75) is 0 Å². The molecule has 0 aliphatic heterocycles. The summed E-state index contributed by atoms with van der Waals surface area (Å²) >= 11 is 0. The van der Waals surface area contributed by atoms with Gasteiger partial charge in [-0.05, 0) is 22.9 Å². The maximum Gasteiger partial charge on any atom is 0.328 e. The van der Waals surface area contributed by atoms with Crippen molar-refractivity contribution < 1.29 is 19.5 Å². The summed E-state index contributed by atoms with van der Waals surface area (Å²) in [6.45, 7) is 0. The zero-order valence-electron chi connectivity index (χ0n) is 10.9. The van der Waals surface area contributed by atoms with Crippen LogP contribution in [0, 0.1) is 0 Å². The van der Waals surface area contributed by atoms with Crippen LogP contribution in [0.25, 0.3) is 10.8 Å². The van der Waals surface area contributed by atoms with Crippen LogP contribution in [0.15, 0.2) is 54.6 Å². The first-order valence-electron chi connectivity index (χ1n) is 6.06. The van der Waals surface area contributed by atoms with E-state index in [0.29, 0.717) is 11.8 Å². The molecular weight excluding hydrogens is 272 g/mol. The molecule has 3 amide bonds. The summed E-state index contributed by atoms with van der Waals surface area (Å²) in [5, 5.41) is 14.8. The number of carbonyl (C=O) groups is 3. The Morgan fingerprint density at radius 1 is 0.952 bits per heavy atom. The molecule has 2 aromatic carbocycles. The number of rotatable bonds is 3. The molecule has 0 unspecified atom stereocenters. The molecule has 0 aliphatic carbocycles. The number of urea groups is 1. The van der Waals surface area contributed by atoms with Crippen molar-refractivity contribution in [3.8, 4) is 0 Å². The maximum absolute atomic E-state index is 11.6. The minimum absolute atomic E-state index is 0.529. The fraction of sp³-hybridized carbons (Fsp3) is 0. The van der Waals surface area contributed by atoms with Crippen LogP contribution in [0.5, 0.6) is 0 Å². The first-order valence-corrected chi connectivity index (χ1v) is 6.06. The smallest absolute Gasteiger partial charge is 0.328 e. The van der Waals surface area contributed by atoms with Gasteiger partial charge in [-0.1, -0.05) is 30.3 Å². The number of fused-ring (bicyclic) bond motifs is 1. The fourth-order valence-corrected chi connectivity index (χ4v) is 1.73. The van der Waals surface area contributed by atoms with Crippen molar-refractivity contribution in [3.05, 3.63) is 54.6 Å². The Bertz CT molecular complexity index is 737. The van der Waals surface area contributed by atoms with Gasteiger partial charge in [0.1, 0.15) is 0 Å². The number of anilines is 1. The Morgan fingerprint density at radius 2 is 1.67 bits per heavy atom. The summed E-state index contributed by atoms with van der Waals surface area (Å²) in [5.74, 6) is -2.07. The zero-order chi connectivity index (χ0) is 15.2. The molecule has 0 spiro atoms. The Labute approximate surface area is 120 Å². The monoisotopic (exact) mass is 284 g/mol. The van der Waals surface area contributed by atoms with Gasteiger partial charge in [0.25, 0.3) is 5.91 Å². The van der Waals surface area contributed by atoms with E-state index in [1.54, 1.807) is 12.1 Å². The topological polar surface area (TPSA) is 95.5 Å². The average molecular weight is 284 g/mol. The summed E-state index contributed by atoms with van der Waals surface area (Å²) in [6.07, 6.45) is 1.42. The van der Waals surface area contributed by atoms with Crippen molar-refractivity contribution >= 4 is 34.4 Å². The van der Waals surface area contributed by atoms with Gasteiger partial charge in [-0.3, -0.25) is 10.1 Å². The minimum Gasteiger partial charge on any atom is -0.478 e. The van der Waals surface area contributed by atoms with Gasteiger partial charge in [-0.2, -0.15) is 0 Å². The van der Waals surface area contributed by atoms with Gasteiger partial charge < -0.3 is 10.4 Å². The molecule has 106 valence electrons. The summed E-state index contributed by atoms with van der Waals surface area (Å²) < 4.78 is 0. The number of nitrogens with one attached hydrogen (secondary N) is 2. The minimum atomic E-state index is -1.26. The second-order valence-corrected chi connectivity index (χ2v) is 4.18. The number of hydrogen-bond donors (Lipinski definition) is 3. The van der Waals surface area contributed by atoms with Crippen LogP contribution >= 0.6 is 0 Å². The third kappa shape index (κ3) is 4.17. The van der Waals surface area contributed by atoms with Gasteiger partial charge in [0.05, 0.1) is 0 Å². The number of carboxylic acids is 1. The first-order chi connectivity index (χ1) is 10.0. The van der Waals surface area contributed by atoms with Crippen LogP contribution in [-0.4, -0.2) is 23.0 Å². The predicted octanol–water partition coefficient (Wildman–Crippen LogP) is 2.13. The third-order valence-electron chi connectivity index (χ3n) is 2.62. The van der Waals surface area contributed by atoms with E-state index in [0.717, 1.165) is 16.8 Å². The van der Waals surface area contributed by atoms with Crippen LogP contribution in [-0.2, 0) is 9.59 Å². The molecule has 0 bridgehead atoms. The molecule has 3 N–H and O–H groups in total. The lowest BCUT2D eigenvalue weighted by molar-refractivity contribution is -0.131. The number of carboxylic acid groups (broad SMARTS) is 1. The van der Waals surface area contributed by atoms with E-state index in [-0.39, 0.29) is 0 Å². The molecule has 2 aromatic rings. The third-order valence-corrected chi connectivity index (χ3v) is 2.62. The van der Waals surface area contributed by atoms with Crippen molar-refractivity contribution in [1.29, 1.82) is 0 Å². The van der Waals surface area contributed by atoms with Crippen molar-refractivity contribution in [2.75, 3.05) is 5.32 Å². The van der Waals surface area contributed by atoms with E-state index < -0.39 is 17.9 Å². The van der Waals surface area contributed by atoms with Gasteiger partial charge in [0, 0.05) is 17.8 Å². The van der Waals surface area contributed by atoms with E-state index in [2.05, 4.69) is 5.32 Å². The molecule has 0 atom stereocenters. The number of aliphatic carboxylic acids is 1. The molecule has 0 heterocycles. The molecule has 0 fully saturated rings. The molecule has 0 aliphatic rings. The summed E-state index contributed by atoms with van der Waals surface area (Å²) in [4.78, 5) is 33.1. The Balaban J connectivity index is 2.01. The second-order valence-electron chi connectivity index (χ2n) is 4.18. The normalized spacial score (nSPS) is 10.5. The van der Waals surface area contributed by atoms with Crippen LogP contribution in [0.2, 0.25) is 0 Å². The largest absolute Gasteiger partial charge is 0.478 e. The summed E-state index contributed by atoms with van der Waals surface area (Å²) in [7, 11) is 0. The van der Waals surface area contributed by atoms with Crippen LogP contribution in [0.1, 0.15) is 0 Å². The van der Waals surface area contributed by atoms with E-state index in [1.807, 2.05) is 35.6 Å². The number of carbonyl (C=O) groups excluding carboxylic acids is 2. The number of imide groups is 1. The van der Waals surface area contributed by atoms with Gasteiger partial charge in [0.15, 0.2) is 0 Å². The summed E-state index contributed by atoms with van der Waals surface area (Å²) in [5.41, 5.74) is 0.529. The highest BCUT2D eigenvalue weighted by Crippen LogP contribution is 2.18. The van der Waals surface area contributed by atoms with E-state index in [9.17, 15) is 14.4 Å². The Morgan fingerprint density at radius 3 is 2.38 bits per heavy atom. The number of hydrogen-bond acceptors (Lipinski definition) is 3. The van der Waals surface area contributed by atoms with Crippen molar-refractivity contribution in [1.82, 2.24) is 5.32 Å². The second kappa shape index (κ2) is 6.33. The lowest BCUT2D eigenvalue weighted by atomic mass is 10.1. The van der Waals surface area contributed by atoms with Crippen molar-refractivity contribution in [3.63, 3.8) is 0 Å². The zero-order valence-corrected chi connectivity index (χ0v) is 10.9. The molecular formula is C15H12N2O4. The molecule has 6 nitrogen and oxygen atoms in total. The molecule has 0 saturated carbocycles. The van der Waals surface area contributed by atoms with Gasteiger partial charge in [-0.25, -0.2) is 9.59 Å². The average Bonchev–Trinajstić information content (AvgIpc) is 2.45. The molecule has 0 radical (unpaired) electrons. The van der Waals surface area contributed by atoms with Crippen LogP contribution in [0.3, 0.4) is 0 Å². The van der Waals surface area contributed by atoms with Crippen LogP contribution < -0.4 is 10.6 Å². The lowest BCUT2D eigenvalue weighted by Crippen LogP contribution is -2.33. The highest BCUT2D eigenvalue weighted by molar-refractivity contribution is 6.07. The fourth-order valence-electron chi connectivity index (χ4n) is 1.73. The highest BCUT2D eigenvalue weighted by Gasteiger charge is 2.06. The Kier molecular flexibility index (Phi) is 4.30. The van der Waals surface area contributed by atoms with E-state index in [1.165, 1.54) is 0 Å². The molecule has 0 saturated heterocycles. The van der Waals surface area contributed by atoms with Gasteiger partial charge in [-0.15, -0.1) is 0 Å². The predicted molar refractivity (Wildman–Crippen MR) is 77.9 cm³/mol. The summed E-state index contributed by atoms with van der Waals surface area (Å²) in [6, 6.07) is 12.2. The number of amides is 3. The highest BCUT2D eigenvalue weighted by atomic mass is 16.4. The van der Waals surface area contributed by atoms with E-state index >= 15 is 0 Å². The van der Waals surface area contributed by atoms with Crippen molar-refractivity contribution in [2.24, 2.45) is 0 Å². The SMILES string of the molecule is O=C(O)C=CC(=O)NC(=O)Nc1ccc2ccccc2c1. The van der Waals surface area contributed by atoms with Crippen LogP contribution in [0.4, 0.5) is 10.5 Å². The lowest BCUT2D eigenvalue weighted by Gasteiger charge is -2.06. The number of benzene rings is 2. The quantitative estimate of drug-likeness (QED) is 0.752. The standard InChI is InChI=1S/C15H12N2O4/c18-13(7-8-14(19)20)17-15(21)16-12-6-5-10-3-1-2-4-11(10)9-12/h1-9H,(H,19,20)(H2,16,17,18,21). The molecule has 2 rings (SSSR count). The van der Waals surface area contributed by atoms with Gasteiger partial charge >= 0.3 is 12.0 Å². The maximum atomic E-state index is 11.6. The first kappa shape index (κ1) is 14.3. The molecule has 0 aromatic heterocycles. The van der Waals surface area contributed by atoms with Gasteiger partial charge in [0.2, 0.25) is 0 Å². The van der Waals surface area contributed by atoms with E-state index in [4.69, 9.17) is 5.11 Å².